The molecule has 0 amide bonds. The van der Waals surface area contributed by atoms with Gasteiger partial charge in [0.25, 0.3) is 0 Å². The van der Waals surface area contributed by atoms with Crippen LogP contribution in [0.1, 0.15) is 0 Å². The standard InChI is InChI=1S/C62H38N4/c1-2-15-39(16-3-1)40-31-33-41(34-32-40)61-62(64-53-26-10-9-25-52(53)63-61)49-24-12-23-47-46(49)22-13-28-55(47)66-57-30-14-29-56(60(57)51-36-43-18-5-7-20-45(43)38-59(51)66)65-54-27-11-8-21-48(54)50-35-42-17-4-6-19-44(42)37-58(50)65/h1-38H. The van der Waals surface area contributed by atoms with E-state index in [1.165, 1.54) is 65.3 Å². The highest BCUT2D eigenvalue weighted by Gasteiger charge is 2.23. The fourth-order valence-electron chi connectivity index (χ4n) is 10.6. The summed E-state index contributed by atoms with van der Waals surface area (Å²) in [7, 11) is 0. The largest absolute Gasteiger partial charge is 0.309 e. The van der Waals surface area contributed by atoms with Crippen LogP contribution in [0, 0.1) is 0 Å². The van der Waals surface area contributed by atoms with Crippen molar-refractivity contribution >= 4 is 87.0 Å². The predicted molar refractivity (Wildman–Crippen MR) is 277 cm³/mol. The molecule has 0 saturated heterocycles. The van der Waals surface area contributed by atoms with Crippen LogP contribution >= 0.6 is 0 Å². The van der Waals surface area contributed by atoms with Crippen molar-refractivity contribution in [2.45, 2.75) is 0 Å². The third-order valence-corrected chi connectivity index (χ3v) is 13.6. The quantitative estimate of drug-likeness (QED) is 0.173. The second-order valence-electron chi connectivity index (χ2n) is 17.3. The number of nitrogens with zero attached hydrogens (tertiary/aromatic N) is 4. The van der Waals surface area contributed by atoms with Gasteiger partial charge >= 0.3 is 0 Å². The number of hydrogen-bond acceptors (Lipinski definition) is 2. The van der Waals surface area contributed by atoms with Gasteiger partial charge in [-0.15, -0.1) is 0 Å². The van der Waals surface area contributed by atoms with Crippen LogP contribution in [0.4, 0.5) is 0 Å². The topological polar surface area (TPSA) is 35.6 Å². The molecule has 4 heteroatoms. The number of rotatable bonds is 5. The molecule has 0 unspecified atom stereocenters. The summed E-state index contributed by atoms with van der Waals surface area (Å²) in [4.78, 5) is 10.8. The molecule has 66 heavy (non-hydrogen) atoms. The molecule has 0 saturated carbocycles. The van der Waals surface area contributed by atoms with Crippen molar-refractivity contribution in [3.05, 3.63) is 231 Å². The van der Waals surface area contributed by atoms with Crippen LogP contribution < -0.4 is 0 Å². The van der Waals surface area contributed by atoms with Gasteiger partial charge in [0.1, 0.15) is 0 Å². The first-order valence-electron chi connectivity index (χ1n) is 22.6. The first kappa shape index (κ1) is 36.6. The molecule has 0 radical (unpaired) electrons. The van der Waals surface area contributed by atoms with Gasteiger partial charge in [0.15, 0.2) is 0 Å². The predicted octanol–water partition coefficient (Wildman–Crippen LogP) is 16.3. The summed E-state index contributed by atoms with van der Waals surface area (Å²) in [6.45, 7) is 0. The number of benzene rings is 11. The first-order chi connectivity index (χ1) is 32.7. The van der Waals surface area contributed by atoms with E-state index in [0.717, 1.165) is 66.7 Å². The third kappa shape index (κ3) is 5.52. The molecule has 0 bridgehead atoms. The summed E-state index contributed by atoms with van der Waals surface area (Å²) in [5.41, 5.74) is 14.8. The average Bonchev–Trinajstić information content (AvgIpc) is 3.88. The molecule has 0 aliphatic heterocycles. The first-order valence-corrected chi connectivity index (χ1v) is 22.6. The maximum Gasteiger partial charge on any atom is 0.0979 e. The summed E-state index contributed by atoms with van der Waals surface area (Å²) < 4.78 is 4.98. The number of para-hydroxylation sites is 3. The molecule has 0 atom stereocenters. The SMILES string of the molecule is c1ccc(-c2ccc(-c3nc4ccccc4nc3-c3cccc4c(-n5c6cc7ccccc7cc6c6c(-n7c8ccccc8c8cc9ccccc9cc87)cccc65)cccc34)cc2)cc1. The summed E-state index contributed by atoms with van der Waals surface area (Å²) in [6, 6.07) is 83.4. The minimum Gasteiger partial charge on any atom is -0.309 e. The maximum absolute atomic E-state index is 5.42. The summed E-state index contributed by atoms with van der Waals surface area (Å²) in [6.07, 6.45) is 0. The van der Waals surface area contributed by atoms with Crippen LogP contribution in [0.2, 0.25) is 0 Å². The van der Waals surface area contributed by atoms with E-state index in [9.17, 15) is 0 Å². The lowest BCUT2D eigenvalue weighted by atomic mass is 9.96. The van der Waals surface area contributed by atoms with Crippen LogP contribution in [-0.2, 0) is 0 Å². The molecule has 306 valence electrons. The monoisotopic (exact) mass is 838 g/mol. The van der Waals surface area contributed by atoms with Crippen molar-refractivity contribution in [1.82, 2.24) is 19.1 Å². The number of fused-ring (bicyclic) bond motifs is 10. The van der Waals surface area contributed by atoms with Gasteiger partial charge in [-0.3, -0.25) is 0 Å². The van der Waals surface area contributed by atoms with Crippen LogP contribution in [0.25, 0.3) is 132 Å². The lowest BCUT2D eigenvalue weighted by Gasteiger charge is -2.16. The van der Waals surface area contributed by atoms with Gasteiger partial charge in [-0.1, -0.05) is 170 Å². The Bertz CT molecular complexity index is 4270. The number of aromatic nitrogens is 4. The average molecular weight is 839 g/mol. The Kier molecular flexibility index (Phi) is 7.95. The maximum atomic E-state index is 5.42. The molecule has 14 aromatic rings. The fourth-order valence-corrected chi connectivity index (χ4v) is 10.6. The zero-order chi connectivity index (χ0) is 43.3. The Balaban J connectivity index is 1.04. The van der Waals surface area contributed by atoms with Crippen molar-refractivity contribution in [2.24, 2.45) is 0 Å². The van der Waals surface area contributed by atoms with Gasteiger partial charge in [-0.2, -0.15) is 0 Å². The minimum absolute atomic E-state index is 0.859. The van der Waals surface area contributed by atoms with Crippen LogP contribution in [0.5, 0.6) is 0 Å². The van der Waals surface area contributed by atoms with E-state index in [4.69, 9.17) is 9.97 Å². The molecule has 14 rings (SSSR count). The zero-order valence-corrected chi connectivity index (χ0v) is 35.7. The minimum atomic E-state index is 0.859. The lowest BCUT2D eigenvalue weighted by molar-refractivity contribution is 1.18. The highest BCUT2D eigenvalue weighted by molar-refractivity contribution is 6.20. The fraction of sp³-hybridized carbons (Fsp3) is 0. The van der Waals surface area contributed by atoms with Gasteiger partial charge < -0.3 is 9.13 Å². The van der Waals surface area contributed by atoms with Crippen LogP contribution in [-0.4, -0.2) is 19.1 Å². The van der Waals surface area contributed by atoms with Gasteiger partial charge in [0.05, 0.1) is 55.9 Å². The highest BCUT2D eigenvalue weighted by atomic mass is 15.0. The Morgan fingerprint density at radius 3 is 1.53 bits per heavy atom. The highest BCUT2D eigenvalue weighted by Crippen LogP contribution is 2.44. The van der Waals surface area contributed by atoms with Crippen molar-refractivity contribution in [3.8, 4) is 45.0 Å². The van der Waals surface area contributed by atoms with Crippen molar-refractivity contribution in [3.63, 3.8) is 0 Å². The molecule has 0 N–H and O–H groups in total. The normalized spacial score (nSPS) is 11.9. The van der Waals surface area contributed by atoms with Crippen LogP contribution in [0.15, 0.2) is 231 Å². The van der Waals surface area contributed by atoms with E-state index >= 15 is 0 Å². The van der Waals surface area contributed by atoms with E-state index in [1.54, 1.807) is 0 Å². The summed E-state index contributed by atoms with van der Waals surface area (Å²) in [5, 5.41) is 12.1. The Morgan fingerprint density at radius 2 is 0.773 bits per heavy atom. The Labute approximate surface area is 379 Å². The second-order valence-corrected chi connectivity index (χ2v) is 17.3. The molecule has 3 aromatic heterocycles. The molecule has 0 fully saturated rings. The van der Waals surface area contributed by atoms with Gasteiger partial charge in [0, 0.05) is 38.1 Å². The molecule has 0 aliphatic rings. The molecule has 4 nitrogen and oxygen atoms in total. The Morgan fingerprint density at radius 1 is 0.273 bits per heavy atom. The van der Waals surface area contributed by atoms with E-state index < -0.39 is 0 Å². The smallest absolute Gasteiger partial charge is 0.0979 e. The molecular formula is C62H38N4. The summed E-state index contributed by atoms with van der Waals surface area (Å²) >= 11 is 0. The van der Waals surface area contributed by atoms with E-state index in [-0.39, 0.29) is 0 Å². The third-order valence-electron chi connectivity index (χ3n) is 13.6. The van der Waals surface area contributed by atoms with Crippen molar-refractivity contribution < 1.29 is 0 Å². The number of hydrogen-bond donors (Lipinski definition) is 0. The van der Waals surface area contributed by atoms with Crippen molar-refractivity contribution in [2.75, 3.05) is 0 Å². The van der Waals surface area contributed by atoms with E-state index in [0.29, 0.717) is 0 Å². The molecule has 3 heterocycles. The van der Waals surface area contributed by atoms with Gasteiger partial charge in [-0.25, -0.2) is 9.97 Å². The van der Waals surface area contributed by atoms with E-state index in [2.05, 4.69) is 228 Å². The van der Waals surface area contributed by atoms with Gasteiger partial charge in [-0.05, 0) is 98.7 Å². The summed E-state index contributed by atoms with van der Waals surface area (Å²) in [5.74, 6) is 0. The second kappa shape index (κ2) is 14.3. The molecule has 11 aromatic carbocycles. The van der Waals surface area contributed by atoms with Crippen LogP contribution in [0.3, 0.4) is 0 Å². The zero-order valence-electron chi connectivity index (χ0n) is 35.7. The van der Waals surface area contributed by atoms with Crippen molar-refractivity contribution in [1.29, 1.82) is 0 Å². The Hall–Kier alpha value is -8.86. The van der Waals surface area contributed by atoms with Gasteiger partial charge in [0.2, 0.25) is 0 Å². The molecular weight excluding hydrogens is 801 g/mol. The molecule has 0 spiro atoms. The lowest BCUT2D eigenvalue weighted by Crippen LogP contribution is -1.99. The van der Waals surface area contributed by atoms with E-state index in [1.807, 2.05) is 12.1 Å². The molecule has 0 aliphatic carbocycles.